The zero-order chi connectivity index (χ0) is 5.21. The Kier molecular flexibility index (Phi) is 5.70. The predicted molar refractivity (Wildman–Crippen MR) is 34.3 cm³/mol. The first-order chi connectivity index (χ1) is 2.56. The molecule has 49 valence electrons. The van der Waals surface area contributed by atoms with E-state index in [0.29, 0.717) is 0 Å². The molecule has 0 aromatic heterocycles. The Morgan fingerprint density at radius 3 is 1.43 bits per heavy atom. The van der Waals surface area contributed by atoms with Crippen LogP contribution >= 0.6 is 11.6 Å². The fourth-order valence-corrected chi connectivity index (χ4v) is 0. The third-order valence-corrected chi connectivity index (χ3v) is 3.75. The predicted octanol–water partition coefficient (Wildman–Crippen LogP) is 2.86. The third-order valence-electron chi connectivity index (χ3n) is 0.303. The van der Waals surface area contributed by atoms with Crippen molar-refractivity contribution < 1.29 is 12.8 Å². The molecule has 1 nitrogen and oxygen atoms in total. The van der Waals surface area contributed by atoms with Crippen molar-refractivity contribution in [3.8, 4) is 0 Å². The molecule has 0 amide bonds. The molecule has 0 unspecified atom stereocenters. The largest absolute Gasteiger partial charge is 0.369 e. The van der Waals surface area contributed by atoms with E-state index >= 15 is 0 Å². The molecule has 0 aromatic rings. The van der Waals surface area contributed by atoms with Crippen molar-refractivity contribution >= 4 is 11.6 Å². The average molecular weight is 168 g/mol. The van der Waals surface area contributed by atoms with E-state index in [1.807, 2.05) is 0 Å². The summed E-state index contributed by atoms with van der Waals surface area (Å²) in [5.41, 5.74) is 0. The molecule has 0 aliphatic heterocycles. The minimum atomic E-state index is -0.880. The smallest absolute Gasteiger partial charge is 0.369 e. The van der Waals surface area contributed by atoms with Gasteiger partial charge in [-0.25, -0.2) is 0 Å². The Hall–Kier alpha value is 0.769. The van der Waals surface area contributed by atoms with Gasteiger partial charge in [0.15, 0.2) is 0 Å². The molecule has 4 N–H and O–H groups in total. The van der Waals surface area contributed by atoms with Crippen LogP contribution in [-0.4, -0.2) is 4.78 Å². The molecule has 0 heterocycles. The summed E-state index contributed by atoms with van der Waals surface area (Å²) < 4.78 is 0.884. The normalized spacial score (nSPS) is 12.6. The molecule has 0 radical (unpaired) electrons. The summed E-state index contributed by atoms with van der Waals surface area (Å²) >= 11 is 4.66. The van der Waals surface area contributed by atoms with Crippen LogP contribution in [0.1, 0.15) is 0 Å². The van der Waals surface area contributed by atoms with Crippen LogP contribution in [0.5, 0.6) is 0 Å². The van der Waals surface area contributed by atoms with Crippen LogP contribution in [0.4, 0.5) is 0 Å². The minimum Gasteiger partial charge on any atom is -0.369 e. The Labute approximate surface area is 53.2 Å². The number of hydrogen-bond acceptors (Lipinski definition) is 0. The van der Waals surface area contributed by atoms with Gasteiger partial charge in [-0.15, -0.1) is 0 Å². The first-order valence-electron chi connectivity index (χ1n) is 1.67. The van der Waals surface area contributed by atoms with E-state index in [4.69, 9.17) is 11.6 Å². The molecular weight excluding hydrogens is 152 g/mol. The van der Waals surface area contributed by atoms with Gasteiger partial charge in [-0.2, -0.15) is 0 Å². The van der Waals surface area contributed by atoms with Crippen LogP contribution in [0.3, 0.4) is 0 Å². The summed E-state index contributed by atoms with van der Waals surface area (Å²) in [4.78, 5) is 0. The topological polar surface area (TPSA) is 36.5 Å². The number of rotatable bonds is 1. The number of hydrogen-bond donors (Lipinski definition) is 1. The standard InChI is InChI=1S/CH2Cl.3CH3.Mn.H3N/c1-2;;;;;/h1H2;3*1H3;;1H3/p+1. The monoisotopic (exact) mass is 167 g/mol. The summed E-state index contributed by atoms with van der Waals surface area (Å²) in [5.74, 6) is 6.76. The van der Waals surface area contributed by atoms with Crippen LogP contribution in [-0.2, 0) is 12.8 Å². The van der Waals surface area contributed by atoms with Crippen molar-refractivity contribution in [1.29, 1.82) is 0 Å². The van der Waals surface area contributed by atoms with Gasteiger partial charge >= 0.3 is 46.7 Å². The molecule has 0 saturated heterocycles. The van der Waals surface area contributed by atoms with Crippen molar-refractivity contribution in [2.45, 2.75) is 17.5 Å². The maximum Gasteiger partial charge on any atom is -0.369 e. The summed E-state index contributed by atoms with van der Waals surface area (Å²) in [7, 11) is 0. The maximum absolute atomic E-state index is 5.54. The van der Waals surface area contributed by atoms with E-state index in [1.54, 1.807) is 0 Å². The molecule has 7 heavy (non-hydrogen) atoms. The molecule has 0 rings (SSSR count). The molecule has 3 heteroatoms. The van der Waals surface area contributed by atoms with Crippen molar-refractivity contribution in [3.63, 3.8) is 0 Å². The van der Waals surface area contributed by atoms with Gasteiger partial charge in [-0.3, -0.25) is 0 Å². The van der Waals surface area contributed by atoms with Crippen molar-refractivity contribution in [2.24, 2.45) is 0 Å². The van der Waals surface area contributed by atoms with Gasteiger partial charge < -0.3 is 6.15 Å². The molecule has 0 spiro atoms. The molecule has 0 bridgehead atoms. The molecule has 0 aliphatic rings. The van der Waals surface area contributed by atoms with Crippen molar-refractivity contribution in [1.82, 2.24) is 6.15 Å². The fourth-order valence-electron chi connectivity index (χ4n) is 0. The van der Waals surface area contributed by atoms with Crippen molar-refractivity contribution in [2.75, 3.05) is 4.78 Å². The van der Waals surface area contributed by atoms with Gasteiger partial charge in [0.05, 0.1) is 0 Å². The van der Waals surface area contributed by atoms with E-state index in [0.717, 1.165) is 4.78 Å². The summed E-state index contributed by atoms with van der Waals surface area (Å²) in [5, 5.41) is 0. The quantitative estimate of drug-likeness (QED) is 0.461. The summed E-state index contributed by atoms with van der Waals surface area (Å²) in [6.45, 7) is 0. The summed E-state index contributed by atoms with van der Waals surface area (Å²) in [6, 6.07) is 0. The first kappa shape index (κ1) is 10.7. The van der Waals surface area contributed by atoms with Gasteiger partial charge in [-0.05, 0) is 0 Å². The van der Waals surface area contributed by atoms with Crippen LogP contribution in [0.15, 0.2) is 0 Å². The van der Waals surface area contributed by atoms with Crippen LogP contribution < -0.4 is 6.15 Å². The van der Waals surface area contributed by atoms with Crippen LogP contribution in [0.2, 0.25) is 17.5 Å². The molecule has 0 atom stereocenters. The fraction of sp³-hybridized carbons (Fsp3) is 1.00. The molecule has 0 aliphatic carbocycles. The van der Waals surface area contributed by atoms with E-state index in [1.165, 1.54) is 0 Å². The number of quaternary nitrogens is 1. The Balaban J connectivity index is 0. The second-order valence-corrected chi connectivity index (χ2v) is 9.23. The Bertz CT molecular complexity index is 41.4. The molecule has 0 saturated carbocycles. The SMILES string of the molecule is [CH3][Mn]([CH3])([CH3])[CH2]Cl.[NH4+]. The van der Waals surface area contributed by atoms with Crippen LogP contribution in [0.25, 0.3) is 0 Å². The van der Waals surface area contributed by atoms with E-state index in [9.17, 15) is 0 Å². The zero-order valence-electron chi connectivity index (χ0n) is 5.46. The Morgan fingerprint density at radius 1 is 1.29 bits per heavy atom. The van der Waals surface area contributed by atoms with E-state index in [-0.39, 0.29) is 6.15 Å². The molecular formula is C4H15ClMnN+. The van der Waals surface area contributed by atoms with E-state index < -0.39 is 12.8 Å². The van der Waals surface area contributed by atoms with Gasteiger partial charge in [0.2, 0.25) is 0 Å². The van der Waals surface area contributed by atoms with Gasteiger partial charge in [0.25, 0.3) is 0 Å². The zero-order valence-corrected chi connectivity index (χ0v) is 7.40. The number of alkyl halides is 1. The van der Waals surface area contributed by atoms with Gasteiger partial charge in [-0.1, -0.05) is 0 Å². The second-order valence-electron chi connectivity index (χ2n) is 2.04. The third kappa shape index (κ3) is 10.8. The first-order valence-corrected chi connectivity index (χ1v) is 6.58. The molecule has 0 aromatic carbocycles. The Morgan fingerprint density at radius 2 is 1.43 bits per heavy atom. The van der Waals surface area contributed by atoms with Crippen molar-refractivity contribution in [3.05, 3.63) is 0 Å². The van der Waals surface area contributed by atoms with Gasteiger partial charge in [0, 0.05) is 0 Å². The number of halogens is 1. The summed E-state index contributed by atoms with van der Waals surface area (Å²) in [6.07, 6.45) is 0. The van der Waals surface area contributed by atoms with Crippen LogP contribution in [0, 0.1) is 0 Å². The van der Waals surface area contributed by atoms with Gasteiger partial charge in [0.1, 0.15) is 0 Å². The van der Waals surface area contributed by atoms with E-state index in [2.05, 4.69) is 17.5 Å². The minimum absolute atomic E-state index is 0. The average Bonchev–Trinajstić information content (AvgIpc) is 1.35. The molecule has 0 fully saturated rings. The maximum atomic E-state index is 5.54. The second kappa shape index (κ2) is 3.73.